The maximum absolute atomic E-state index is 13.4. The summed E-state index contributed by atoms with van der Waals surface area (Å²) >= 11 is 1.01. The Kier molecular flexibility index (Phi) is 5.88. The number of hydrogen-bond donors (Lipinski definition) is 1. The number of aromatic nitrogens is 4. The Balaban J connectivity index is 1.11. The molecule has 3 aliphatic rings. The molecule has 12 heteroatoms. The van der Waals surface area contributed by atoms with E-state index in [4.69, 9.17) is 0 Å². The molecule has 0 spiro atoms. The molecule has 1 N–H and O–H groups in total. The number of pyridine rings is 2. The number of anilines is 2. The SMILES string of the molecule is O=C(Nc1snnc1C(=O)N1C[C@H]2C[C@H](C1)c1cccc(=O)n1C2)N1CCN(c2ccccn2)CC1. The van der Waals surface area contributed by atoms with Gasteiger partial charge in [0, 0.05) is 81.2 Å². The highest BCUT2D eigenvalue weighted by molar-refractivity contribution is 7.10. The zero-order chi connectivity index (χ0) is 24.6. The van der Waals surface area contributed by atoms with Gasteiger partial charge in [-0.25, -0.2) is 9.78 Å². The fraction of sp³-hybridized carbons (Fsp3) is 0.417. The van der Waals surface area contributed by atoms with E-state index >= 15 is 0 Å². The first kappa shape index (κ1) is 22.7. The molecule has 11 nitrogen and oxygen atoms in total. The van der Waals surface area contributed by atoms with Crippen LogP contribution < -0.4 is 15.8 Å². The van der Waals surface area contributed by atoms with Gasteiger partial charge in [-0.2, -0.15) is 0 Å². The third-order valence-corrected chi connectivity index (χ3v) is 7.86. The van der Waals surface area contributed by atoms with E-state index in [0.717, 1.165) is 29.5 Å². The molecule has 2 atom stereocenters. The number of carbonyl (C=O) groups is 2. The molecule has 6 heterocycles. The van der Waals surface area contributed by atoms with Crippen LogP contribution in [0.1, 0.15) is 28.5 Å². The molecule has 2 saturated heterocycles. The minimum Gasteiger partial charge on any atom is -0.353 e. The van der Waals surface area contributed by atoms with E-state index in [2.05, 4.69) is 24.8 Å². The Morgan fingerprint density at radius 2 is 1.83 bits per heavy atom. The van der Waals surface area contributed by atoms with Gasteiger partial charge in [0.1, 0.15) is 5.82 Å². The first-order valence-corrected chi connectivity index (χ1v) is 12.9. The minimum atomic E-state index is -0.264. The van der Waals surface area contributed by atoms with Crippen molar-refractivity contribution in [3.8, 4) is 0 Å². The zero-order valence-electron chi connectivity index (χ0n) is 19.6. The summed E-state index contributed by atoms with van der Waals surface area (Å²) in [7, 11) is 0. The molecule has 0 saturated carbocycles. The van der Waals surface area contributed by atoms with Gasteiger partial charge in [-0.1, -0.05) is 16.6 Å². The number of fused-ring (bicyclic) bond motifs is 4. The van der Waals surface area contributed by atoms with Crippen molar-refractivity contribution in [3.63, 3.8) is 0 Å². The summed E-state index contributed by atoms with van der Waals surface area (Å²) in [4.78, 5) is 48.7. The maximum atomic E-state index is 13.4. The molecule has 3 amide bonds. The van der Waals surface area contributed by atoms with E-state index in [1.165, 1.54) is 0 Å². The number of urea groups is 1. The van der Waals surface area contributed by atoms with Crippen LogP contribution in [-0.4, -0.2) is 80.1 Å². The molecular formula is C24H26N8O3S. The molecule has 3 aromatic rings. The first-order chi connectivity index (χ1) is 17.6. The first-order valence-electron chi connectivity index (χ1n) is 12.1. The molecule has 186 valence electrons. The number of carbonyl (C=O) groups excluding carboxylic acids is 2. The number of piperazine rings is 1. The van der Waals surface area contributed by atoms with Gasteiger partial charge in [0.15, 0.2) is 10.7 Å². The average molecular weight is 507 g/mol. The van der Waals surface area contributed by atoms with Gasteiger partial charge in [0.2, 0.25) is 0 Å². The number of likely N-dealkylation sites (tertiary alicyclic amines) is 1. The number of nitrogens with zero attached hydrogens (tertiary/aromatic N) is 7. The normalized spacial score (nSPS) is 21.2. The molecule has 0 aromatic carbocycles. The summed E-state index contributed by atoms with van der Waals surface area (Å²) in [6.07, 6.45) is 2.72. The Bertz CT molecular complexity index is 1330. The van der Waals surface area contributed by atoms with E-state index in [0.29, 0.717) is 50.8 Å². The van der Waals surface area contributed by atoms with Gasteiger partial charge in [0.25, 0.3) is 11.5 Å². The standard InChI is InChI=1S/C24H26N8O3S/c33-20-6-3-4-18-17-12-16(14-32(18)20)13-31(15-17)23(34)21-22(36-28-27-21)26-24(35)30-10-8-29(9-11-30)19-5-1-2-7-25-19/h1-7,16-17H,8-15H2,(H,26,35)/t16-,17-/m1/s1. The second kappa shape index (κ2) is 9.34. The number of amides is 3. The molecule has 0 unspecified atom stereocenters. The van der Waals surface area contributed by atoms with E-state index in [9.17, 15) is 14.4 Å². The summed E-state index contributed by atoms with van der Waals surface area (Å²) < 4.78 is 5.79. The van der Waals surface area contributed by atoms with E-state index in [-0.39, 0.29) is 35.0 Å². The highest BCUT2D eigenvalue weighted by atomic mass is 32.1. The van der Waals surface area contributed by atoms with Crippen molar-refractivity contribution >= 4 is 34.3 Å². The molecule has 36 heavy (non-hydrogen) atoms. The average Bonchev–Trinajstić information content (AvgIpc) is 3.37. The van der Waals surface area contributed by atoms with Crippen LogP contribution in [0.2, 0.25) is 0 Å². The topological polar surface area (TPSA) is 117 Å². The quantitative estimate of drug-likeness (QED) is 0.575. The summed E-state index contributed by atoms with van der Waals surface area (Å²) in [5.41, 5.74) is 1.16. The summed E-state index contributed by atoms with van der Waals surface area (Å²) in [5, 5.41) is 7.29. The summed E-state index contributed by atoms with van der Waals surface area (Å²) in [6.45, 7) is 4.13. The van der Waals surface area contributed by atoms with Gasteiger partial charge in [-0.3, -0.25) is 14.9 Å². The number of hydrogen-bond acceptors (Lipinski definition) is 8. The number of piperidine rings is 1. The predicted octanol–water partition coefficient (Wildman–Crippen LogP) is 1.71. The Hall–Kier alpha value is -3.80. The third-order valence-electron chi connectivity index (χ3n) is 7.22. The monoisotopic (exact) mass is 506 g/mol. The van der Waals surface area contributed by atoms with Crippen molar-refractivity contribution in [1.29, 1.82) is 0 Å². The minimum absolute atomic E-state index is 0.0107. The van der Waals surface area contributed by atoms with Gasteiger partial charge < -0.3 is 19.3 Å². The van der Waals surface area contributed by atoms with Gasteiger partial charge >= 0.3 is 6.03 Å². The smallest absolute Gasteiger partial charge is 0.322 e. The molecule has 3 aromatic heterocycles. The molecule has 2 fully saturated rings. The van der Waals surface area contributed by atoms with Crippen LogP contribution in [0, 0.1) is 5.92 Å². The van der Waals surface area contributed by atoms with E-state index in [1.54, 1.807) is 28.1 Å². The Labute approximate surface area is 211 Å². The molecule has 0 aliphatic carbocycles. The van der Waals surface area contributed by atoms with Crippen molar-refractivity contribution < 1.29 is 9.59 Å². The van der Waals surface area contributed by atoms with Crippen LogP contribution in [0.5, 0.6) is 0 Å². The summed E-state index contributed by atoms with van der Waals surface area (Å²) in [6, 6.07) is 10.9. The lowest BCUT2D eigenvalue weighted by atomic mass is 9.83. The van der Waals surface area contributed by atoms with Gasteiger partial charge in [-0.05, 0) is 30.5 Å². The van der Waals surface area contributed by atoms with Crippen molar-refractivity contribution in [1.82, 2.24) is 28.9 Å². The van der Waals surface area contributed by atoms with Crippen LogP contribution in [0.25, 0.3) is 0 Å². The van der Waals surface area contributed by atoms with Crippen molar-refractivity contribution in [2.75, 3.05) is 49.5 Å². The number of nitrogens with one attached hydrogen (secondary N) is 1. The van der Waals surface area contributed by atoms with Crippen molar-refractivity contribution in [2.45, 2.75) is 18.9 Å². The maximum Gasteiger partial charge on any atom is 0.322 e. The van der Waals surface area contributed by atoms with Gasteiger partial charge in [0.05, 0.1) is 0 Å². The lowest BCUT2D eigenvalue weighted by Gasteiger charge is -2.42. The molecular weight excluding hydrogens is 480 g/mol. The predicted molar refractivity (Wildman–Crippen MR) is 134 cm³/mol. The fourth-order valence-electron chi connectivity index (χ4n) is 5.48. The second-order valence-electron chi connectivity index (χ2n) is 9.45. The number of rotatable bonds is 3. The fourth-order valence-corrected chi connectivity index (χ4v) is 6.03. The van der Waals surface area contributed by atoms with Crippen LogP contribution in [0.15, 0.2) is 47.4 Å². The molecule has 2 bridgehead atoms. The zero-order valence-corrected chi connectivity index (χ0v) is 20.4. The largest absolute Gasteiger partial charge is 0.353 e. The van der Waals surface area contributed by atoms with E-state index < -0.39 is 0 Å². The van der Waals surface area contributed by atoms with Crippen molar-refractivity contribution in [3.05, 3.63) is 64.3 Å². The van der Waals surface area contributed by atoms with Crippen LogP contribution in [-0.2, 0) is 6.54 Å². The van der Waals surface area contributed by atoms with E-state index in [1.807, 2.05) is 28.8 Å². The van der Waals surface area contributed by atoms with Crippen LogP contribution in [0.3, 0.4) is 0 Å². The second-order valence-corrected chi connectivity index (χ2v) is 10.2. The highest BCUT2D eigenvalue weighted by Crippen LogP contribution is 2.36. The molecule has 3 aliphatic heterocycles. The van der Waals surface area contributed by atoms with Crippen LogP contribution in [0.4, 0.5) is 15.6 Å². The van der Waals surface area contributed by atoms with Crippen LogP contribution >= 0.6 is 11.5 Å². The van der Waals surface area contributed by atoms with Gasteiger partial charge in [-0.15, -0.1) is 5.10 Å². The Morgan fingerprint density at radius 1 is 0.972 bits per heavy atom. The lowest BCUT2D eigenvalue weighted by molar-refractivity contribution is 0.0589. The molecule has 6 rings (SSSR count). The Morgan fingerprint density at radius 3 is 2.64 bits per heavy atom. The lowest BCUT2D eigenvalue weighted by Crippen LogP contribution is -2.50. The molecule has 0 radical (unpaired) electrons. The highest BCUT2D eigenvalue weighted by Gasteiger charge is 2.38. The van der Waals surface area contributed by atoms with Crippen molar-refractivity contribution in [2.24, 2.45) is 5.92 Å². The summed E-state index contributed by atoms with van der Waals surface area (Å²) in [5.74, 6) is 0.979. The third kappa shape index (κ3) is 4.21.